The molecular formula is C22H30ClO3Y-. The maximum atomic E-state index is 10.5. The van der Waals surface area contributed by atoms with Gasteiger partial charge in [-0.05, 0) is 55.2 Å². The van der Waals surface area contributed by atoms with Crippen LogP contribution in [0.4, 0.5) is 0 Å². The van der Waals surface area contributed by atoms with Crippen molar-refractivity contribution in [3.05, 3.63) is 48.4 Å². The van der Waals surface area contributed by atoms with Gasteiger partial charge in [-0.1, -0.05) is 30.7 Å². The molecular weight excluding hydrogens is 437 g/mol. The van der Waals surface area contributed by atoms with Crippen molar-refractivity contribution in [2.24, 2.45) is 11.8 Å². The third-order valence-electron chi connectivity index (χ3n) is 5.79. The Balaban J connectivity index is 0.00000261. The van der Waals surface area contributed by atoms with Gasteiger partial charge in [0, 0.05) is 44.0 Å². The minimum Gasteiger partial charge on any atom is -0.493 e. The van der Waals surface area contributed by atoms with E-state index >= 15 is 0 Å². The van der Waals surface area contributed by atoms with Gasteiger partial charge in [0.05, 0.1) is 18.8 Å². The van der Waals surface area contributed by atoms with Crippen LogP contribution in [0.25, 0.3) is 0 Å². The van der Waals surface area contributed by atoms with E-state index in [0.717, 1.165) is 55.4 Å². The molecule has 147 valence electrons. The van der Waals surface area contributed by atoms with Gasteiger partial charge in [-0.3, -0.25) is 0 Å². The van der Waals surface area contributed by atoms with Crippen molar-refractivity contribution in [1.29, 1.82) is 0 Å². The Labute approximate surface area is 193 Å². The Hall–Kier alpha value is 0.0739. The molecule has 1 fully saturated rings. The number of hydrogen-bond donors (Lipinski definition) is 2. The average molecular weight is 467 g/mol. The number of aliphatic hydroxyl groups is 2. The van der Waals surface area contributed by atoms with Crippen molar-refractivity contribution in [2.75, 3.05) is 6.61 Å². The summed E-state index contributed by atoms with van der Waals surface area (Å²) >= 11 is 6.50. The molecule has 2 aliphatic carbocycles. The van der Waals surface area contributed by atoms with Gasteiger partial charge in [0.2, 0.25) is 0 Å². The van der Waals surface area contributed by atoms with Crippen LogP contribution in [0.2, 0.25) is 0 Å². The smallest absolute Gasteiger partial charge is 0.122 e. The molecule has 5 heteroatoms. The number of allylic oxidation sites excluding steroid dienone is 2. The van der Waals surface area contributed by atoms with Crippen molar-refractivity contribution in [3.63, 3.8) is 0 Å². The minimum absolute atomic E-state index is 0. The van der Waals surface area contributed by atoms with Crippen LogP contribution in [-0.4, -0.2) is 28.3 Å². The molecule has 0 bridgehead atoms. The van der Waals surface area contributed by atoms with Crippen LogP contribution in [-0.2, 0) is 39.1 Å². The van der Waals surface area contributed by atoms with E-state index in [-0.39, 0.29) is 49.9 Å². The van der Waals surface area contributed by atoms with Crippen molar-refractivity contribution < 1.29 is 47.7 Å². The average Bonchev–Trinajstić information content (AvgIpc) is 2.90. The zero-order valence-electron chi connectivity index (χ0n) is 15.9. The number of hydrogen-bond acceptors (Lipinski definition) is 3. The van der Waals surface area contributed by atoms with Gasteiger partial charge in [0.1, 0.15) is 5.75 Å². The van der Waals surface area contributed by atoms with Crippen LogP contribution in [0.5, 0.6) is 5.75 Å². The molecule has 2 N–H and O–H groups in total. The second-order valence-electron chi connectivity index (χ2n) is 7.54. The van der Waals surface area contributed by atoms with E-state index in [1.807, 2.05) is 18.2 Å². The molecule has 3 nitrogen and oxygen atoms in total. The van der Waals surface area contributed by atoms with Crippen LogP contribution in [0.1, 0.15) is 55.8 Å². The second kappa shape index (κ2) is 11.3. The number of rotatable bonds is 7. The monoisotopic (exact) mass is 466 g/mol. The molecule has 5 atom stereocenters. The topological polar surface area (TPSA) is 49.7 Å². The molecule has 1 unspecified atom stereocenters. The number of alkyl halides is 1. The fourth-order valence-electron chi connectivity index (χ4n) is 4.29. The number of unbranched alkanes of at least 4 members (excludes halogenated alkanes) is 1. The first kappa shape index (κ1) is 23.4. The number of benzene rings is 1. The van der Waals surface area contributed by atoms with Crippen LogP contribution in [0.3, 0.4) is 0 Å². The summed E-state index contributed by atoms with van der Waals surface area (Å²) in [7, 11) is 0. The van der Waals surface area contributed by atoms with Crippen LogP contribution >= 0.6 is 11.6 Å². The summed E-state index contributed by atoms with van der Waals surface area (Å²) in [5, 5.41) is 20.6. The molecule has 27 heavy (non-hydrogen) atoms. The van der Waals surface area contributed by atoms with E-state index in [4.69, 9.17) is 16.3 Å². The molecule has 1 aromatic rings. The van der Waals surface area contributed by atoms with Crippen molar-refractivity contribution in [2.45, 2.75) is 62.5 Å². The Kier molecular flexibility index (Phi) is 9.78. The maximum Gasteiger partial charge on any atom is 0.122 e. The van der Waals surface area contributed by atoms with Crippen molar-refractivity contribution in [3.8, 4) is 5.75 Å². The van der Waals surface area contributed by atoms with Crippen LogP contribution < -0.4 is 4.74 Å². The molecule has 0 amide bonds. The second-order valence-corrected chi connectivity index (χ2v) is 8.10. The third-order valence-corrected chi connectivity index (χ3v) is 6.29. The zero-order valence-corrected chi connectivity index (χ0v) is 19.5. The van der Waals surface area contributed by atoms with Crippen molar-refractivity contribution >= 4 is 11.6 Å². The molecule has 0 heterocycles. The van der Waals surface area contributed by atoms with Gasteiger partial charge in [-0.15, -0.1) is 11.6 Å². The van der Waals surface area contributed by atoms with E-state index in [2.05, 4.69) is 19.1 Å². The summed E-state index contributed by atoms with van der Waals surface area (Å²) in [6.07, 6.45) is 9.58. The molecule has 0 spiro atoms. The summed E-state index contributed by atoms with van der Waals surface area (Å²) in [5.74, 6) is 1.10. The summed E-state index contributed by atoms with van der Waals surface area (Å²) in [5.41, 5.74) is 2.11. The first-order valence-corrected chi connectivity index (χ1v) is 10.2. The van der Waals surface area contributed by atoms with Gasteiger partial charge in [-0.25, -0.2) is 0 Å². The van der Waals surface area contributed by atoms with Gasteiger partial charge >= 0.3 is 0 Å². The number of halogens is 1. The molecule has 1 aromatic carbocycles. The maximum absolute atomic E-state index is 10.5. The van der Waals surface area contributed by atoms with E-state index < -0.39 is 12.2 Å². The molecule has 0 saturated heterocycles. The summed E-state index contributed by atoms with van der Waals surface area (Å²) in [6.45, 7) is 4.31. The molecule has 0 aromatic heterocycles. The van der Waals surface area contributed by atoms with Gasteiger partial charge < -0.3 is 21.9 Å². The number of ether oxygens (including phenoxy) is 1. The SMILES string of the molecule is [CH2-]CC/C=C\C[C@@H]1[C@@H](COc2cccc3c2CCCC3O)[C@H](O)C[C@H]1Cl.[Y]. The predicted molar refractivity (Wildman–Crippen MR) is 105 cm³/mol. The van der Waals surface area contributed by atoms with E-state index in [1.54, 1.807) is 0 Å². The Bertz CT molecular complexity index is 622. The van der Waals surface area contributed by atoms with Crippen LogP contribution in [0.15, 0.2) is 30.4 Å². The van der Waals surface area contributed by atoms with Gasteiger partial charge in [0.25, 0.3) is 0 Å². The number of fused-ring (bicyclic) bond motifs is 1. The molecule has 1 saturated carbocycles. The van der Waals surface area contributed by atoms with E-state index in [1.165, 1.54) is 0 Å². The van der Waals surface area contributed by atoms with E-state index in [0.29, 0.717) is 13.0 Å². The predicted octanol–water partition coefficient (Wildman–Crippen LogP) is 4.60. The van der Waals surface area contributed by atoms with Gasteiger partial charge in [-0.2, -0.15) is 6.42 Å². The van der Waals surface area contributed by atoms with E-state index in [9.17, 15) is 10.2 Å². The first-order valence-electron chi connectivity index (χ1n) is 9.80. The normalized spacial score (nSPS) is 30.1. The molecule has 2 aliphatic rings. The standard InChI is InChI=1S/C22H30ClO3.Y/c1-2-3-4-5-8-15-18(21(25)13-19(15)23)14-26-22-12-7-9-16-17(22)10-6-11-20(16)24;/h4-5,7,9,12,15,18-21,24-25H,1-3,6,8,10-11,13-14H2;/q-1;/b5-4-;/t15-,18-,19-,20?,21-;/m1./s1. The Morgan fingerprint density at radius 3 is 2.81 bits per heavy atom. The molecule has 0 aliphatic heterocycles. The number of aliphatic hydroxyl groups excluding tert-OH is 2. The largest absolute Gasteiger partial charge is 0.493 e. The first-order chi connectivity index (χ1) is 12.6. The third kappa shape index (κ3) is 5.79. The quantitative estimate of drug-likeness (QED) is 0.351. The fraction of sp³-hybridized carbons (Fsp3) is 0.591. The summed E-state index contributed by atoms with van der Waals surface area (Å²) < 4.78 is 6.15. The van der Waals surface area contributed by atoms with Crippen molar-refractivity contribution in [1.82, 2.24) is 0 Å². The molecule has 1 radical (unpaired) electrons. The zero-order chi connectivity index (χ0) is 18.5. The minimum atomic E-state index is -0.422. The summed E-state index contributed by atoms with van der Waals surface area (Å²) in [6, 6.07) is 5.90. The van der Waals surface area contributed by atoms with Crippen LogP contribution in [0, 0.1) is 18.8 Å². The summed E-state index contributed by atoms with van der Waals surface area (Å²) in [4.78, 5) is 0. The fourth-order valence-corrected chi connectivity index (χ4v) is 4.76. The Morgan fingerprint density at radius 2 is 2.04 bits per heavy atom. The van der Waals surface area contributed by atoms with Gasteiger partial charge in [0.15, 0.2) is 0 Å². The molecule has 3 rings (SSSR count). The Morgan fingerprint density at radius 1 is 1.22 bits per heavy atom.